The van der Waals surface area contributed by atoms with E-state index >= 15 is 0 Å². The van der Waals surface area contributed by atoms with Gasteiger partial charge in [0.25, 0.3) is 0 Å². The van der Waals surface area contributed by atoms with Crippen molar-refractivity contribution in [2.45, 2.75) is 18.6 Å². The Morgan fingerprint density at radius 1 is 1.37 bits per heavy atom. The van der Waals surface area contributed by atoms with E-state index in [0.717, 1.165) is 11.3 Å². The fourth-order valence-electron chi connectivity index (χ4n) is 1.71. The Morgan fingerprint density at radius 2 is 2.11 bits per heavy atom. The smallest absolute Gasteiger partial charge is 0.215 e. The first-order chi connectivity index (χ1) is 8.99. The zero-order valence-corrected chi connectivity index (χ0v) is 12.5. The molecule has 0 spiro atoms. The molecule has 5 nitrogen and oxygen atoms in total. The van der Waals surface area contributed by atoms with Crippen molar-refractivity contribution in [1.82, 2.24) is 10.0 Å². The van der Waals surface area contributed by atoms with Crippen molar-refractivity contribution in [2.24, 2.45) is 0 Å². The molecule has 1 unspecified atom stereocenters. The standard InChI is InChI=1S/C13H22N2O3S/c1-11(10-14-2)19(16,17)15-8-7-12-5-4-6-13(9-12)18-3/h4-6,9,11,14-15H,7-8,10H2,1-3H3. The maximum absolute atomic E-state index is 11.9. The molecule has 0 saturated heterocycles. The first kappa shape index (κ1) is 15.9. The van der Waals surface area contributed by atoms with Gasteiger partial charge < -0.3 is 10.1 Å². The van der Waals surface area contributed by atoms with E-state index in [9.17, 15) is 8.42 Å². The molecule has 0 amide bonds. The lowest BCUT2D eigenvalue weighted by atomic mass is 10.1. The summed E-state index contributed by atoms with van der Waals surface area (Å²) in [6.45, 7) is 2.52. The van der Waals surface area contributed by atoms with Crippen LogP contribution in [0.25, 0.3) is 0 Å². The van der Waals surface area contributed by atoms with Crippen LogP contribution in [0.2, 0.25) is 0 Å². The Morgan fingerprint density at radius 3 is 2.74 bits per heavy atom. The van der Waals surface area contributed by atoms with Crippen LogP contribution in [-0.4, -0.2) is 40.9 Å². The van der Waals surface area contributed by atoms with Gasteiger partial charge in [-0.1, -0.05) is 12.1 Å². The highest BCUT2D eigenvalue weighted by atomic mass is 32.2. The lowest BCUT2D eigenvalue weighted by Gasteiger charge is -2.13. The molecule has 19 heavy (non-hydrogen) atoms. The Bertz CT molecular complexity index is 488. The van der Waals surface area contributed by atoms with E-state index in [1.165, 1.54) is 0 Å². The molecule has 2 N–H and O–H groups in total. The molecule has 1 aromatic carbocycles. The maximum Gasteiger partial charge on any atom is 0.215 e. The van der Waals surface area contributed by atoms with Crippen molar-refractivity contribution >= 4 is 10.0 Å². The normalized spacial score (nSPS) is 13.2. The summed E-state index contributed by atoms with van der Waals surface area (Å²) in [5.41, 5.74) is 1.04. The monoisotopic (exact) mass is 286 g/mol. The van der Waals surface area contributed by atoms with E-state index in [4.69, 9.17) is 4.74 Å². The fraction of sp³-hybridized carbons (Fsp3) is 0.538. The van der Waals surface area contributed by atoms with Gasteiger partial charge in [0.05, 0.1) is 12.4 Å². The summed E-state index contributed by atoms with van der Waals surface area (Å²) in [7, 11) is 0.0987. The fourth-order valence-corrected chi connectivity index (χ4v) is 2.76. The van der Waals surface area contributed by atoms with Crippen LogP contribution in [0.15, 0.2) is 24.3 Å². The van der Waals surface area contributed by atoms with Crippen molar-refractivity contribution in [3.8, 4) is 5.75 Å². The summed E-state index contributed by atoms with van der Waals surface area (Å²) in [4.78, 5) is 0. The number of hydrogen-bond donors (Lipinski definition) is 2. The van der Waals surface area contributed by atoms with Crippen LogP contribution in [0.3, 0.4) is 0 Å². The number of sulfonamides is 1. The van der Waals surface area contributed by atoms with Crippen LogP contribution in [0.5, 0.6) is 5.75 Å². The van der Waals surface area contributed by atoms with Gasteiger partial charge in [-0.3, -0.25) is 0 Å². The Kier molecular flexibility index (Phi) is 6.27. The minimum Gasteiger partial charge on any atom is -0.497 e. The van der Waals surface area contributed by atoms with E-state index < -0.39 is 15.3 Å². The highest BCUT2D eigenvalue weighted by molar-refractivity contribution is 7.90. The Hall–Kier alpha value is -1.11. The van der Waals surface area contributed by atoms with E-state index in [1.54, 1.807) is 21.1 Å². The van der Waals surface area contributed by atoms with Crippen LogP contribution in [0, 0.1) is 0 Å². The minimum absolute atomic E-state index is 0.392. The van der Waals surface area contributed by atoms with Crippen LogP contribution < -0.4 is 14.8 Å². The van der Waals surface area contributed by atoms with Crippen LogP contribution in [0.4, 0.5) is 0 Å². The molecule has 0 saturated carbocycles. The van der Waals surface area contributed by atoms with Crippen molar-refractivity contribution in [3.05, 3.63) is 29.8 Å². The molecule has 0 aromatic heterocycles. The predicted octanol–water partition coefficient (Wildman–Crippen LogP) is 0.765. The molecular formula is C13H22N2O3S. The van der Waals surface area contributed by atoms with Crippen molar-refractivity contribution in [1.29, 1.82) is 0 Å². The highest BCUT2D eigenvalue weighted by Crippen LogP contribution is 2.12. The molecule has 6 heteroatoms. The molecule has 1 rings (SSSR count). The predicted molar refractivity (Wildman–Crippen MR) is 77.0 cm³/mol. The van der Waals surface area contributed by atoms with Crippen LogP contribution in [-0.2, 0) is 16.4 Å². The first-order valence-corrected chi connectivity index (χ1v) is 7.80. The minimum atomic E-state index is -3.25. The number of benzene rings is 1. The van der Waals surface area contributed by atoms with Crippen molar-refractivity contribution < 1.29 is 13.2 Å². The van der Waals surface area contributed by atoms with Gasteiger partial charge in [0.2, 0.25) is 10.0 Å². The van der Waals surface area contributed by atoms with Crippen LogP contribution >= 0.6 is 0 Å². The number of methoxy groups -OCH3 is 1. The molecule has 0 aliphatic rings. The second-order valence-electron chi connectivity index (χ2n) is 4.41. The van der Waals surface area contributed by atoms with Crippen molar-refractivity contribution in [2.75, 3.05) is 27.2 Å². The molecule has 1 aromatic rings. The van der Waals surface area contributed by atoms with Gasteiger partial charge in [-0.15, -0.1) is 0 Å². The Balaban J connectivity index is 2.49. The molecule has 0 aliphatic carbocycles. The molecule has 0 fully saturated rings. The van der Waals surface area contributed by atoms with E-state index in [-0.39, 0.29) is 0 Å². The molecular weight excluding hydrogens is 264 g/mol. The van der Waals surface area contributed by atoms with Gasteiger partial charge in [-0.2, -0.15) is 0 Å². The van der Waals surface area contributed by atoms with E-state index in [2.05, 4.69) is 10.0 Å². The van der Waals surface area contributed by atoms with E-state index in [1.807, 2.05) is 24.3 Å². The molecule has 0 bridgehead atoms. The zero-order valence-electron chi connectivity index (χ0n) is 11.6. The summed E-state index contributed by atoms with van der Waals surface area (Å²) in [6, 6.07) is 7.62. The van der Waals surface area contributed by atoms with Gasteiger partial charge >= 0.3 is 0 Å². The average Bonchev–Trinajstić information content (AvgIpc) is 2.39. The van der Waals surface area contributed by atoms with Gasteiger partial charge in [-0.25, -0.2) is 13.1 Å². The number of hydrogen-bond acceptors (Lipinski definition) is 4. The lowest BCUT2D eigenvalue weighted by molar-refractivity contribution is 0.414. The third kappa shape index (κ3) is 5.18. The van der Waals surface area contributed by atoms with Crippen LogP contribution in [0.1, 0.15) is 12.5 Å². The second-order valence-corrected chi connectivity index (χ2v) is 6.59. The quantitative estimate of drug-likeness (QED) is 0.740. The molecule has 0 heterocycles. The van der Waals surface area contributed by atoms with Gasteiger partial charge in [0.1, 0.15) is 5.75 Å². The number of ether oxygens (including phenoxy) is 1. The van der Waals surface area contributed by atoms with Crippen molar-refractivity contribution in [3.63, 3.8) is 0 Å². The van der Waals surface area contributed by atoms with E-state index in [0.29, 0.717) is 19.5 Å². The number of rotatable bonds is 8. The summed E-state index contributed by atoms with van der Waals surface area (Å²) in [6.07, 6.45) is 0.642. The molecule has 1 atom stereocenters. The average molecular weight is 286 g/mol. The van der Waals surface area contributed by atoms with Gasteiger partial charge in [0.15, 0.2) is 0 Å². The maximum atomic E-state index is 11.9. The third-order valence-electron chi connectivity index (χ3n) is 2.87. The lowest BCUT2D eigenvalue weighted by Crippen LogP contribution is -2.38. The topological polar surface area (TPSA) is 67.4 Å². The Labute approximate surface area is 115 Å². The summed E-state index contributed by atoms with van der Waals surface area (Å²) in [5, 5.41) is 2.42. The van der Waals surface area contributed by atoms with Gasteiger partial charge in [-0.05, 0) is 38.1 Å². The second kappa shape index (κ2) is 7.47. The number of nitrogens with one attached hydrogen (secondary N) is 2. The summed E-state index contributed by atoms with van der Waals surface area (Å²) in [5.74, 6) is 0.781. The molecule has 0 radical (unpaired) electrons. The molecule has 108 valence electrons. The van der Waals surface area contributed by atoms with Gasteiger partial charge in [0, 0.05) is 13.1 Å². The molecule has 0 aliphatic heterocycles. The highest BCUT2D eigenvalue weighted by Gasteiger charge is 2.18. The zero-order chi connectivity index (χ0) is 14.3. The SMILES string of the molecule is CNCC(C)S(=O)(=O)NCCc1cccc(OC)c1. The largest absolute Gasteiger partial charge is 0.497 e. The third-order valence-corrected chi connectivity index (χ3v) is 4.70. The first-order valence-electron chi connectivity index (χ1n) is 6.25. The summed E-state index contributed by atoms with van der Waals surface area (Å²) < 4.78 is 31.5. The summed E-state index contributed by atoms with van der Waals surface area (Å²) >= 11 is 0.